The number of cyclic esters (lactones) is 1. The molecule has 2 aromatic rings. The van der Waals surface area contributed by atoms with Crippen molar-refractivity contribution in [1.82, 2.24) is 5.32 Å². The molecule has 1 aromatic carbocycles. The molecule has 10 heteroatoms. The summed E-state index contributed by atoms with van der Waals surface area (Å²) in [5.41, 5.74) is 0.118. The quantitative estimate of drug-likeness (QED) is 0.729. The molecule has 0 bridgehead atoms. The zero-order valence-electron chi connectivity index (χ0n) is 14.7. The van der Waals surface area contributed by atoms with Gasteiger partial charge in [0.1, 0.15) is 11.9 Å². The molecule has 1 aliphatic heterocycles. The topological polar surface area (TPSA) is 118 Å². The number of carbonyl (C=O) groups is 4. The van der Waals surface area contributed by atoms with E-state index in [2.05, 4.69) is 10.6 Å². The lowest BCUT2D eigenvalue weighted by molar-refractivity contribution is -0.119. The fraction of sp³-hybridized carbons (Fsp3) is 0.222. The Kier molecular flexibility index (Phi) is 5.39. The first-order chi connectivity index (χ1) is 13.4. The van der Waals surface area contributed by atoms with Crippen LogP contribution in [0.4, 0.5) is 20.6 Å². The molecular formula is C18H16FN3O6. The molecule has 2 N–H and O–H groups in total. The van der Waals surface area contributed by atoms with Gasteiger partial charge in [0.05, 0.1) is 24.5 Å². The van der Waals surface area contributed by atoms with Crippen LogP contribution in [0.15, 0.2) is 34.7 Å². The Hall–Kier alpha value is -3.69. The van der Waals surface area contributed by atoms with E-state index in [1.807, 2.05) is 0 Å². The van der Waals surface area contributed by atoms with Crippen molar-refractivity contribution in [1.29, 1.82) is 0 Å². The van der Waals surface area contributed by atoms with Crippen molar-refractivity contribution < 1.29 is 32.7 Å². The maximum absolute atomic E-state index is 14.4. The predicted molar refractivity (Wildman–Crippen MR) is 94.7 cm³/mol. The van der Waals surface area contributed by atoms with Gasteiger partial charge in [0.2, 0.25) is 5.91 Å². The third-order valence-corrected chi connectivity index (χ3v) is 3.93. The summed E-state index contributed by atoms with van der Waals surface area (Å²) in [5.74, 6) is -1.92. The Morgan fingerprint density at radius 2 is 2.11 bits per heavy atom. The largest absolute Gasteiger partial charge is 0.448 e. The molecule has 1 saturated heterocycles. The fourth-order valence-corrected chi connectivity index (χ4v) is 2.59. The number of anilines is 2. The summed E-state index contributed by atoms with van der Waals surface area (Å²) < 4.78 is 24.5. The number of halogens is 1. The van der Waals surface area contributed by atoms with Crippen LogP contribution in [0.3, 0.4) is 0 Å². The predicted octanol–water partition coefficient (Wildman–Crippen LogP) is 1.94. The second-order valence-electron chi connectivity index (χ2n) is 5.99. The molecular weight excluding hydrogens is 373 g/mol. The van der Waals surface area contributed by atoms with Gasteiger partial charge in [-0.1, -0.05) is 0 Å². The molecule has 9 nitrogen and oxygen atoms in total. The van der Waals surface area contributed by atoms with Crippen LogP contribution in [0.1, 0.15) is 28.0 Å². The number of aldehydes is 1. The first-order valence-corrected chi connectivity index (χ1v) is 8.26. The van der Waals surface area contributed by atoms with Crippen molar-refractivity contribution >= 4 is 35.6 Å². The Morgan fingerprint density at radius 3 is 2.75 bits per heavy atom. The minimum absolute atomic E-state index is 0.0256. The number of benzene rings is 1. The van der Waals surface area contributed by atoms with Crippen molar-refractivity contribution in [2.75, 3.05) is 23.3 Å². The number of amides is 3. The summed E-state index contributed by atoms with van der Waals surface area (Å²) in [4.78, 5) is 46.8. The van der Waals surface area contributed by atoms with Gasteiger partial charge in [0, 0.05) is 6.92 Å². The highest BCUT2D eigenvalue weighted by Gasteiger charge is 2.32. The Balaban J connectivity index is 1.68. The van der Waals surface area contributed by atoms with E-state index in [1.54, 1.807) is 0 Å². The highest BCUT2D eigenvalue weighted by atomic mass is 19.1. The number of hydrogen-bond acceptors (Lipinski definition) is 6. The van der Waals surface area contributed by atoms with Crippen LogP contribution in [0.25, 0.3) is 0 Å². The van der Waals surface area contributed by atoms with Crippen LogP contribution in [0.5, 0.6) is 0 Å². The standard InChI is InChI=1S/C18H16FN3O6/c1-10(24)20-7-13-8-22(18(26)28-13)11-2-4-15(14(19)6-11)21-17(25)16-5-3-12(9-23)27-16/h2-6,9,13H,7-8H2,1H3,(H,20,24)(H,21,25)/t13-/m0/s1. The van der Waals surface area contributed by atoms with Gasteiger partial charge in [-0.15, -0.1) is 0 Å². The van der Waals surface area contributed by atoms with Crippen molar-refractivity contribution in [3.63, 3.8) is 0 Å². The van der Waals surface area contributed by atoms with Crippen molar-refractivity contribution in [3.8, 4) is 0 Å². The van der Waals surface area contributed by atoms with E-state index in [0.717, 1.165) is 6.07 Å². The fourth-order valence-electron chi connectivity index (χ4n) is 2.59. The van der Waals surface area contributed by atoms with Gasteiger partial charge in [-0.05, 0) is 30.3 Å². The van der Waals surface area contributed by atoms with E-state index in [0.29, 0.717) is 6.29 Å². The Bertz CT molecular complexity index is 941. The van der Waals surface area contributed by atoms with E-state index in [1.165, 1.54) is 36.1 Å². The third-order valence-electron chi connectivity index (χ3n) is 3.93. The molecule has 146 valence electrons. The van der Waals surface area contributed by atoms with Crippen molar-refractivity contribution in [2.45, 2.75) is 13.0 Å². The maximum Gasteiger partial charge on any atom is 0.414 e. The summed E-state index contributed by atoms with van der Waals surface area (Å²) in [5, 5.41) is 4.88. The lowest BCUT2D eigenvalue weighted by Gasteiger charge is -2.14. The van der Waals surface area contributed by atoms with Crippen LogP contribution >= 0.6 is 0 Å². The minimum atomic E-state index is -0.772. The number of ether oxygens (including phenoxy) is 1. The molecule has 0 saturated carbocycles. The van der Waals surface area contributed by atoms with Crippen LogP contribution in [-0.4, -0.2) is 43.4 Å². The molecule has 3 amide bonds. The molecule has 28 heavy (non-hydrogen) atoms. The number of furan rings is 1. The summed E-state index contributed by atoms with van der Waals surface area (Å²) in [6, 6.07) is 6.43. The molecule has 1 atom stereocenters. The average Bonchev–Trinajstić information content (AvgIpc) is 3.28. The summed E-state index contributed by atoms with van der Waals surface area (Å²) in [7, 11) is 0. The first kappa shape index (κ1) is 19.1. The van der Waals surface area contributed by atoms with Gasteiger partial charge < -0.3 is 19.8 Å². The first-order valence-electron chi connectivity index (χ1n) is 8.26. The molecule has 0 aliphatic carbocycles. The summed E-state index contributed by atoms with van der Waals surface area (Å²) in [6.07, 6.45) is -0.770. The Morgan fingerprint density at radius 1 is 1.32 bits per heavy atom. The Labute approximate surface area is 158 Å². The van der Waals surface area contributed by atoms with Gasteiger partial charge in [-0.3, -0.25) is 19.3 Å². The van der Waals surface area contributed by atoms with Crippen LogP contribution in [0.2, 0.25) is 0 Å². The smallest absolute Gasteiger partial charge is 0.414 e. The highest BCUT2D eigenvalue weighted by molar-refractivity contribution is 6.03. The van der Waals surface area contributed by atoms with Crippen molar-refractivity contribution in [2.24, 2.45) is 0 Å². The van der Waals surface area contributed by atoms with Gasteiger partial charge in [0.15, 0.2) is 17.8 Å². The average molecular weight is 389 g/mol. The molecule has 1 aliphatic rings. The normalized spacial score (nSPS) is 15.9. The number of hydrogen-bond donors (Lipinski definition) is 2. The molecule has 2 heterocycles. The van der Waals surface area contributed by atoms with Crippen LogP contribution in [-0.2, 0) is 9.53 Å². The molecule has 1 fully saturated rings. The molecule has 3 rings (SSSR count). The van der Waals surface area contributed by atoms with Gasteiger partial charge in [-0.25, -0.2) is 9.18 Å². The SMILES string of the molecule is CC(=O)NC[C@H]1CN(c2ccc(NC(=O)c3ccc(C=O)o3)c(F)c2)C(=O)O1. The number of nitrogens with zero attached hydrogens (tertiary/aromatic N) is 1. The zero-order valence-corrected chi connectivity index (χ0v) is 14.7. The van der Waals surface area contributed by atoms with Crippen LogP contribution < -0.4 is 15.5 Å². The molecule has 0 radical (unpaired) electrons. The van der Waals surface area contributed by atoms with Gasteiger partial charge in [-0.2, -0.15) is 0 Å². The van der Waals surface area contributed by atoms with Gasteiger partial charge in [0.25, 0.3) is 5.91 Å². The zero-order chi connectivity index (χ0) is 20.3. The lowest BCUT2D eigenvalue weighted by atomic mass is 10.2. The molecule has 0 unspecified atom stereocenters. The van der Waals surface area contributed by atoms with Crippen LogP contribution in [0, 0.1) is 5.82 Å². The van der Waals surface area contributed by atoms with E-state index < -0.39 is 23.9 Å². The summed E-state index contributed by atoms with van der Waals surface area (Å²) in [6.45, 7) is 1.64. The van der Waals surface area contributed by atoms with E-state index >= 15 is 0 Å². The van der Waals surface area contributed by atoms with E-state index in [-0.39, 0.29) is 41.9 Å². The number of nitrogens with one attached hydrogen (secondary N) is 2. The van der Waals surface area contributed by atoms with Gasteiger partial charge >= 0.3 is 6.09 Å². The highest BCUT2D eigenvalue weighted by Crippen LogP contribution is 2.26. The molecule has 0 spiro atoms. The third kappa shape index (κ3) is 4.17. The molecule has 1 aromatic heterocycles. The monoisotopic (exact) mass is 389 g/mol. The second kappa shape index (κ2) is 7.91. The second-order valence-corrected chi connectivity index (χ2v) is 5.99. The van der Waals surface area contributed by atoms with Crippen molar-refractivity contribution in [3.05, 3.63) is 47.7 Å². The number of carbonyl (C=O) groups excluding carboxylic acids is 4. The van der Waals surface area contributed by atoms with E-state index in [4.69, 9.17) is 9.15 Å². The maximum atomic E-state index is 14.4. The number of rotatable bonds is 6. The van der Waals surface area contributed by atoms with E-state index in [9.17, 15) is 23.6 Å². The minimum Gasteiger partial charge on any atom is -0.448 e. The lowest BCUT2D eigenvalue weighted by Crippen LogP contribution is -2.33. The summed E-state index contributed by atoms with van der Waals surface area (Å²) >= 11 is 0.